The molecule has 0 saturated carbocycles. The summed E-state index contributed by atoms with van der Waals surface area (Å²) in [5.74, 6) is 0.207. The molecule has 0 spiro atoms. The number of ether oxygens (including phenoxy) is 1. The average molecular weight is 296 g/mol. The number of benzene rings is 1. The topological polar surface area (TPSA) is 99.2 Å². The molecule has 0 amide bonds. The van der Waals surface area contributed by atoms with E-state index in [0.717, 1.165) is 0 Å². The van der Waals surface area contributed by atoms with Crippen LogP contribution < -0.4 is 15.2 Å². The molecular formula is C12H16N4O3S. The number of nitrogens with two attached hydrogens (primary N) is 1. The van der Waals surface area contributed by atoms with Gasteiger partial charge >= 0.3 is 0 Å². The largest absolute Gasteiger partial charge is 0.495 e. The Morgan fingerprint density at radius 3 is 2.75 bits per heavy atom. The van der Waals surface area contributed by atoms with Crippen LogP contribution in [-0.4, -0.2) is 25.3 Å². The molecule has 0 aliphatic heterocycles. The molecule has 0 aliphatic rings. The molecule has 1 aromatic carbocycles. The van der Waals surface area contributed by atoms with E-state index in [1.165, 1.54) is 25.3 Å². The molecule has 0 unspecified atom stereocenters. The Morgan fingerprint density at radius 1 is 1.40 bits per heavy atom. The van der Waals surface area contributed by atoms with Crippen LogP contribution in [-0.2, 0) is 23.6 Å². The maximum atomic E-state index is 12.2. The summed E-state index contributed by atoms with van der Waals surface area (Å²) in [6.45, 7) is 0.108. The fourth-order valence-corrected chi connectivity index (χ4v) is 2.86. The maximum Gasteiger partial charge on any atom is 0.244 e. The van der Waals surface area contributed by atoms with E-state index < -0.39 is 10.0 Å². The van der Waals surface area contributed by atoms with Crippen molar-refractivity contribution in [3.8, 4) is 5.75 Å². The number of sulfonamides is 1. The predicted molar refractivity (Wildman–Crippen MR) is 74.6 cm³/mol. The van der Waals surface area contributed by atoms with Gasteiger partial charge in [0.2, 0.25) is 10.0 Å². The van der Waals surface area contributed by atoms with E-state index in [4.69, 9.17) is 10.5 Å². The van der Waals surface area contributed by atoms with E-state index >= 15 is 0 Å². The molecule has 8 heteroatoms. The Hall–Kier alpha value is -2.06. The molecule has 0 saturated heterocycles. The van der Waals surface area contributed by atoms with Crippen LogP contribution in [0.5, 0.6) is 5.75 Å². The smallest absolute Gasteiger partial charge is 0.244 e. The average Bonchev–Trinajstić information content (AvgIpc) is 2.82. The van der Waals surface area contributed by atoms with Crippen LogP contribution in [0.3, 0.4) is 0 Å². The van der Waals surface area contributed by atoms with Crippen molar-refractivity contribution in [1.29, 1.82) is 0 Å². The first-order valence-corrected chi connectivity index (χ1v) is 7.32. The molecule has 108 valence electrons. The molecule has 0 bridgehead atoms. The van der Waals surface area contributed by atoms with Gasteiger partial charge in [-0.05, 0) is 18.2 Å². The van der Waals surface area contributed by atoms with Crippen molar-refractivity contribution in [2.45, 2.75) is 11.4 Å². The highest BCUT2D eigenvalue weighted by molar-refractivity contribution is 7.89. The van der Waals surface area contributed by atoms with E-state index in [0.29, 0.717) is 11.4 Å². The van der Waals surface area contributed by atoms with Crippen LogP contribution >= 0.6 is 0 Å². The zero-order valence-corrected chi connectivity index (χ0v) is 12.0. The lowest BCUT2D eigenvalue weighted by atomic mass is 10.3. The second-order valence-electron chi connectivity index (χ2n) is 4.22. The lowest BCUT2D eigenvalue weighted by Gasteiger charge is -2.10. The van der Waals surface area contributed by atoms with Crippen molar-refractivity contribution < 1.29 is 13.2 Å². The van der Waals surface area contributed by atoms with Gasteiger partial charge in [0.25, 0.3) is 0 Å². The van der Waals surface area contributed by atoms with Crippen molar-refractivity contribution >= 4 is 15.7 Å². The SMILES string of the molecule is COc1cc(N)ccc1S(=O)(=O)NCc1ccn(C)n1. The van der Waals surface area contributed by atoms with Crippen LogP contribution in [0.1, 0.15) is 5.69 Å². The lowest BCUT2D eigenvalue weighted by molar-refractivity contribution is 0.402. The summed E-state index contributed by atoms with van der Waals surface area (Å²) in [5.41, 5.74) is 6.67. The minimum absolute atomic E-state index is 0.0464. The second kappa shape index (κ2) is 5.51. The van der Waals surface area contributed by atoms with Crippen molar-refractivity contribution in [3.63, 3.8) is 0 Å². The number of rotatable bonds is 5. The third kappa shape index (κ3) is 3.09. The predicted octanol–water partition coefficient (Wildman–Crippen LogP) is 0.489. The lowest BCUT2D eigenvalue weighted by Crippen LogP contribution is -2.24. The first kappa shape index (κ1) is 14.4. The number of hydrogen-bond donors (Lipinski definition) is 2. The van der Waals surface area contributed by atoms with E-state index in [9.17, 15) is 8.42 Å². The van der Waals surface area contributed by atoms with Crippen molar-refractivity contribution in [1.82, 2.24) is 14.5 Å². The highest BCUT2D eigenvalue weighted by Gasteiger charge is 2.19. The van der Waals surface area contributed by atoms with Gasteiger partial charge < -0.3 is 10.5 Å². The van der Waals surface area contributed by atoms with Crippen molar-refractivity contribution in [3.05, 3.63) is 36.2 Å². The summed E-state index contributed by atoms with van der Waals surface area (Å²) in [6, 6.07) is 6.13. The molecule has 0 aliphatic carbocycles. The highest BCUT2D eigenvalue weighted by atomic mass is 32.2. The first-order valence-electron chi connectivity index (χ1n) is 5.84. The fourth-order valence-electron chi connectivity index (χ4n) is 1.71. The number of aryl methyl sites for hydroxylation is 1. The summed E-state index contributed by atoms with van der Waals surface area (Å²) in [6.07, 6.45) is 1.74. The van der Waals surface area contributed by atoms with Crippen LogP contribution in [0.25, 0.3) is 0 Å². The Balaban J connectivity index is 2.22. The first-order chi connectivity index (χ1) is 9.42. The number of hydrogen-bond acceptors (Lipinski definition) is 5. The Labute approximate surface area is 117 Å². The number of methoxy groups -OCH3 is 1. The molecule has 0 fully saturated rings. The Kier molecular flexibility index (Phi) is 3.96. The molecule has 2 aromatic rings. The van der Waals surface area contributed by atoms with E-state index in [1.54, 1.807) is 24.0 Å². The maximum absolute atomic E-state index is 12.2. The van der Waals surface area contributed by atoms with E-state index in [2.05, 4.69) is 9.82 Å². The normalized spacial score (nSPS) is 11.5. The van der Waals surface area contributed by atoms with Gasteiger partial charge in [0, 0.05) is 25.0 Å². The molecule has 3 N–H and O–H groups in total. The molecule has 20 heavy (non-hydrogen) atoms. The zero-order chi connectivity index (χ0) is 14.8. The van der Waals surface area contributed by atoms with Crippen LogP contribution in [0.2, 0.25) is 0 Å². The van der Waals surface area contributed by atoms with Gasteiger partial charge in [-0.2, -0.15) is 5.10 Å². The van der Waals surface area contributed by atoms with Crippen molar-refractivity contribution in [2.75, 3.05) is 12.8 Å². The molecule has 7 nitrogen and oxygen atoms in total. The second-order valence-corrected chi connectivity index (χ2v) is 5.95. The van der Waals surface area contributed by atoms with Gasteiger partial charge in [0.1, 0.15) is 10.6 Å². The summed E-state index contributed by atoms with van der Waals surface area (Å²) in [5, 5.41) is 4.10. The van der Waals surface area contributed by atoms with Gasteiger partial charge in [-0.3, -0.25) is 4.68 Å². The summed E-state index contributed by atoms with van der Waals surface area (Å²) in [7, 11) is -0.528. The minimum atomic E-state index is -3.69. The van der Waals surface area contributed by atoms with Gasteiger partial charge in [0.15, 0.2) is 0 Å². The molecule has 0 atom stereocenters. The van der Waals surface area contributed by atoms with Crippen LogP contribution in [0, 0.1) is 0 Å². The van der Waals surface area contributed by atoms with Gasteiger partial charge in [0.05, 0.1) is 19.3 Å². The summed E-state index contributed by atoms with van der Waals surface area (Å²) >= 11 is 0. The summed E-state index contributed by atoms with van der Waals surface area (Å²) in [4.78, 5) is 0.0464. The molecular weight excluding hydrogens is 280 g/mol. The van der Waals surface area contributed by atoms with Gasteiger partial charge in [-0.1, -0.05) is 0 Å². The number of nitrogen functional groups attached to an aromatic ring is 1. The van der Waals surface area contributed by atoms with Gasteiger partial charge in [-0.25, -0.2) is 13.1 Å². The minimum Gasteiger partial charge on any atom is -0.495 e. The zero-order valence-electron chi connectivity index (χ0n) is 11.2. The van der Waals surface area contributed by atoms with E-state index in [-0.39, 0.29) is 17.2 Å². The Bertz CT molecular complexity index is 709. The number of aromatic nitrogens is 2. The number of nitrogens with zero attached hydrogens (tertiary/aromatic N) is 2. The third-order valence-corrected chi connectivity index (χ3v) is 4.13. The molecule has 2 rings (SSSR count). The van der Waals surface area contributed by atoms with Crippen LogP contribution in [0.15, 0.2) is 35.4 Å². The monoisotopic (exact) mass is 296 g/mol. The number of nitrogens with one attached hydrogen (secondary N) is 1. The summed E-state index contributed by atoms with van der Waals surface area (Å²) < 4.78 is 33.6. The van der Waals surface area contributed by atoms with Crippen molar-refractivity contribution in [2.24, 2.45) is 7.05 Å². The standard InChI is InChI=1S/C12H16N4O3S/c1-16-6-5-10(15-16)8-14-20(17,18)12-4-3-9(13)7-11(12)19-2/h3-7,14H,8,13H2,1-2H3. The highest BCUT2D eigenvalue weighted by Crippen LogP contribution is 2.25. The molecule has 0 radical (unpaired) electrons. The molecule has 1 heterocycles. The quantitative estimate of drug-likeness (QED) is 0.782. The van der Waals surface area contributed by atoms with Crippen LogP contribution in [0.4, 0.5) is 5.69 Å². The number of anilines is 1. The van der Waals surface area contributed by atoms with E-state index in [1.807, 2.05) is 0 Å². The van der Waals surface area contributed by atoms with Gasteiger partial charge in [-0.15, -0.1) is 0 Å². The Morgan fingerprint density at radius 2 is 2.15 bits per heavy atom. The molecule has 1 aromatic heterocycles. The fraction of sp³-hybridized carbons (Fsp3) is 0.250. The third-order valence-electron chi connectivity index (χ3n) is 2.69.